The van der Waals surface area contributed by atoms with Crippen LogP contribution in [0.15, 0.2) is 84.9 Å². The minimum absolute atomic E-state index is 0.000613. The van der Waals surface area contributed by atoms with E-state index in [-0.39, 0.29) is 28.0 Å². The molecule has 0 unspecified atom stereocenters. The third-order valence-electron chi connectivity index (χ3n) is 5.57. The second-order valence-corrected chi connectivity index (χ2v) is 7.58. The molecule has 33 heavy (non-hydrogen) atoms. The third kappa shape index (κ3) is 3.57. The Bertz CT molecular complexity index is 1470. The average molecular weight is 435 g/mol. The van der Waals surface area contributed by atoms with E-state index in [1.54, 1.807) is 30.3 Å². The maximum atomic E-state index is 13.0. The van der Waals surface area contributed by atoms with Crippen molar-refractivity contribution in [2.45, 2.75) is 0 Å². The first kappa shape index (κ1) is 20.3. The Morgan fingerprint density at radius 2 is 1.33 bits per heavy atom. The molecule has 1 amide bonds. The highest BCUT2D eigenvalue weighted by Crippen LogP contribution is 2.30. The zero-order chi connectivity index (χ0) is 22.9. The van der Waals surface area contributed by atoms with Gasteiger partial charge in [-0.25, -0.2) is 4.79 Å². The van der Waals surface area contributed by atoms with E-state index in [2.05, 4.69) is 5.32 Å². The molecular weight excluding hydrogens is 418 g/mol. The van der Waals surface area contributed by atoms with E-state index in [1.165, 1.54) is 18.2 Å². The molecule has 5 rings (SSSR count). The second-order valence-electron chi connectivity index (χ2n) is 7.58. The highest BCUT2D eigenvalue weighted by atomic mass is 16.5. The Kier molecular flexibility index (Phi) is 5.03. The van der Waals surface area contributed by atoms with Gasteiger partial charge in [-0.3, -0.25) is 14.4 Å². The van der Waals surface area contributed by atoms with Crippen molar-refractivity contribution in [1.82, 2.24) is 0 Å². The molecule has 0 aromatic heterocycles. The molecule has 1 N–H and O–H groups in total. The number of fused-ring (bicyclic) bond motifs is 3. The molecule has 1 aliphatic carbocycles. The number of carbonyl (C=O) groups excluding carboxylic acids is 4. The number of carbonyl (C=O) groups is 4. The van der Waals surface area contributed by atoms with Gasteiger partial charge in [-0.1, -0.05) is 72.8 Å². The number of rotatable bonds is 4. The SMILES string of the molecule is O=C(COC(=O)c1cccc2c1C(=O)c1ccccc1C2=O)Nc1cccc2ccccc12. The van der Waals surface area contributed by atoms with E-state index in [0.29, 0.717) is 11.3 Å². The highest BCUT2D eigenvalue weighted by Gasteiger charge is 2.33. The number of nitrogens with one attached hydrogen (secondary N) is 1. The Hall–Kier alpha value is -4.58. The molecule has 0 saturated carbocycles. The summed E-state index contributed by atoms with van der Waals surface area (Å²) in [4.78, 5) is 51.1. The van der Waals surface area contributed by atoms with Crippen molar-refractivity contribution in [1.29, 1.82) is 0 Å². The normalized spacial score (nSPS) is 12.1. The van der Waals surface area contributed by atoms with Crippen LogP contribution in [0.3, 0.4) is 0 Å². The van der Waals surface area contributed by atoms with E-state index in [9.17, 15) is 19.2 Å². The first-order valence-electron chi connectivity index (χ1n) is 10.3. The van der Waals surface area contributed by atoms with Crippen LogP contribution in [0.1, 0.15) is 42.2 Å². The number of hydrogen-bond donors (Lipinski definition) is 1. The standard InChI is InChI=1S/C27H17NO5/c29-23(28-22-14-5-8-16-7-1-2-9-17(16)22)15-33-27(32)21-13-6-12-20-24(21)26(31)19-11-4-3-10-18(19)25(20)30/h1-14H,15H2,(H,28,29). The van der Waals surface area contributed by atoms with Crippen LogP contribution in [0.4, 0.5) is 5.69 Å². The largest absolute Gasteiger partial charge is 0.452 e. The van der Waals surface area contributed by atoms with Crippen LogP contribution in [0, 0.1) is 0 Å². The Labute approximate surface area is 188 Å². The lowest BCUT2D eigenvalue weighted by molar-refractivity contribution is -0.119. The van der Waals surface area contributed by atoms with Crippen molar-refractivity contribution >= 4 is 39.9 Å². The van der Waals surface area contributed by atoms with Crippen LogP contribution in [-0.4, -0.2) is 30.0 Å². The molecule has 160 valence electrons. The quantitative estimate of drug-likeness (QED) is 0.423. The summed E-state index contributed by atoms with van der Waals surface area (Å²) in [7, 11) is 0. The molecule has 0 bridgehead atoms. The van der Waals surface area contributed by atoms with Gasteiger partial charge in [-0.15, -0.1) is 0 Å². The van der Waals surface area contributed by atoms with Gasteiger partial charge >= 0.3 is 5.97 Å². The third-order valence-corrected chi connectivity index (χ3v) is 5.57. The van der Waals surface area contributed by atoms with Gasteiger partial charge in [0, 0.05) is 33.3 Å². The Morgan fingerprint density at radius 3 is 2.15 bits per heavy atom. The number of anilines is 1. The zero-order valence-corrected chi connectivity index (χ0v) is 17.3. The summed E-state index contributed by atoms with van der Waals surface area (Å²) in [5.41, 5.74) is 1.25. The van der Waals surface area contributed by atoms with Gasteiger partial charge in [0.2, 0.25) is 0 Å². The van der Waals surface area contributed by atoms with Crippen LogP contribution >= 0.6 is 0 Å². The molecule has 0 spiro atoms. The summed E-state index contributed by atoms with van der Waals surface area (Å²) in [5, 5.41) is 4.57. The smallest absolute Gasteiger partial charge is 0.339 e. The molecule has 1 aliphatic rings. The van der Waals surface area contributed by atoms with Crippen LogP contribution < -0.4 is 5.32 Å². The molecule has 4 aromatic rings. The number of hydrogen-bond acceptors (Lipinski definition) is 5. The average Bonchev–Trinajstić information content (AvgIpc) is 2.85. The van der Waals surface area contributed by atoms with Crippen LogP contribution in [0.2, 0.25) is 0 Å². The maximum Gasteiger partial charge on any atom is 0.339 e. The predicted molar refractivity (Wildman–Crippen MR) is 123 cm³/mol. The summed E-state index contributed by atoms with van der Waals surface area (Å²) in [6.07, 6.45) is 0. The summed E-state index contributed by atoms with van der Waals surface area (Å²) in [6.45, 7) is -0.537. The highest BCUT2D eigenvalue weighted by molar-refractivity contribution is 6.30. The van der Waals surface area contributed by atoms with Crippen LogP contribution in [-0.2, 0) is 9.53 Å². The number of benzene rings is 4. The molecule has 0 saturated heterocycles. The number of amides is 1. The summed E-state index contributed by atoms with van der Waals surface area (Å²) in [6, 6.07) is 24.0. The van der Waals surface area contributed by atoms with E-state index >= 15 is 0 Å². The van der Waals surface area contributed by atoms with E-state index in [0.717, 1.165) is 10.8 Å². The maximum absolute atomic E-state index is 13.0. The monoisotopic (exact) mass is 435 g/mol. The molecule has 6 nitrogen and oxygen atoms in total. The minimum Gasteiger partial charge on any atom is -0.452 e. The van der Waals surface area contributed by atoms with Crippen molar-refractivity contribution in [2.75, 3.05) is 11.9 Å². The molecule has 0 fully saturated rings. The molecule has 0 heterocycles. The van der Waals surface area contributed by atoms with Crippen LogP contribution in [0.5, 0.6) is 0 Å². The minimum atomic E-state index is -0.847. The fourth-order valence-electron chi connectivity index (χ4n) is 4.04. The first-order chi connectivity index (χ1) is 16.0. The van der Waals surface area contributed by atoms with Crippen molar-refractivity contribution < 1.29 is 23.9 Å². The number of esters is 1. The fraction of sp³-hybridized carbons (Fsp3) is 0.0370. The Balaban J connectivity index is 1.35. The van der Waals surface area contributed by atoms with Crippen molar-refractivity contribution in [3.05, 3.63) is 113 Å². The summed E-state index contributed by atoms with van der Waals surface area (Å²) >= 11 is 0. The first-order valence-corrected chi connectivity index (χ1v) is 10.3. The van der Waals surface area contributed by atoms with Gasteiger partial charge in [-0.05, 0) is 17.5 Å². The van der Waals surface area contributed by atoms with Gasteiger partial charge in [0.15, 0.2) is 18.2 Å². The molecule has 0 radical (unpaired) electrons. The number of ether oxygens (including phenoxy) is 1. The van der Waals surface area contributed by atoms with Gasteiger partial charge in [-0.2, -0.15) is 0 Å². The topological polar surface area (TPSA) is 89.5 Å². The molecular formula is C27H17NO5. The second kappa shape index (κ2) is 8.16. The van der Waals surface area contributed by atoms with Crippen molar-refractivity contribution in [3.8, 4) is 0 Å². The van der Waals surface area contributed by atoms with Gasteiger partial charge in [0.25, 0.3) is 5.91 Å². The number of ketones is 2. The predicted octanol–water partition coefficient (Wildman–Crippen LogP) is 4.41. The summed E-state index contributed by atoms with van der Waals surface area (Å²) in [5.74, 6) is -2.12. The van der Waals surface area contributed by atoms with Gasteiger partial charge < -0.3 is 10.1 Å². The molecule has 0 atom stereocenters. The lowest BCUT2D eigenvalue weighted by Crippen LogP contribution is -2.26. The molecule has 6 heteroatoms. The lowest BCUT2D eigenvalue weighted by Gasteiger charge is -2.19. The summed E-state index contributed by atoms with van der Waals surface area (Å²) < 4.78 is 5.20. The van der Waals surface area contributed by atoms with Crippen LogP contribution in [0.25, 0.3) is 10.8 Å². The lowest BCUT2D eigenvalue weighted by atomic mass is 9.82. The van der Waals surface area contributed by atoms with E-state index in [1.807, 2.05) is 36.4 Å². The van der Waals surface area contributed by atoms with Gasteiger partial charge in [0.1, 0.15) is 0 Å². The fourth-order valence-corrected chi connectivity index (χ4v) is 4.04. The molecule has 0 aliphatic heterocycles. The van der Waals surface area contributed by atoms with E-state index in [4.69, 9.17) is 4.74 Å². The Morgan fingerprint density at radius 1 is 0.697 bits per heavy atom. The van der Waals surface area contributed by atoms with E-state index < -0.39 is 24.3 Å². The van der Waals surface area contributed by atoms with Gasteiger partial charge in [0.05, 0.1) is 5.56 Å². The van der Waals surface area contributed by atoms with Crippen molar-refractivity contribution in [2.24, 2.45) is 0 Å². The zero-order valence-electron chi connectivity index (χ0n) is 17.3. The van der Waals surface area contributed by atoms with Crippen molar-refractivity contribution in [3.63, 3.8) is 0 Å². The molecule has 4 aromatic carbocycles.